The maximum atomic E-state index is 12.6. The SMILES string of the molecule is Cc1cc(C)cc(N2C(=O)c3c(C)sc(C)c3C2=O)c1. The van der Waals surface area contributed by atoms with Gasteiger partial charge in [-0.1, -0.05) is 6.07 Å². The Bertz CT molecular complexity index is 701. The van der Waals surface area contributed by atoms with E-state index in [-0.39, 0.29) is 11.8 Å². The molecule has 0 spiro atoms. The van der Waals surface area contributed by atoms with Crippen molar-refractivity contribution in [2.45, 2.75) is 27.7 Å². The Balaban J connectivity index is 2.17. The van der Waals surface area contributed by atoms with Crippen LogP contribution in [0.1, 0.15) is 41.6 Å². The molecule has 0 saturated carbocycles. The molecule has 0 bridgehead atoms. The average Bonchev–Trinajstić information content (AvgIpc) is 2.76. The van der Waals surface area contributed by atoms with Crippen molar-refractivity contribution < 1.29 is 9.59 Å². The first kappa shape index (κ1) is 13.1. The standard InChI is InChI=1S/C16H15NO2S/c1-8-5-9(2)7-12(6-8)17-15(18)13-10(3)20-11(4)14(13)16(17)19/h5-7H,1-4H3. The Morgan fingerprint density at radius 1 is 0.800 bits per heavy atom. The van der Waals surface area contributed by atoms with E-state index < -0.39 is 0 Å². The molecule has 2 amide bonds. The topological polar surface area (TPSA) is 37.4 Å². The smallest absolute Gasteiger partial charge is 0.267 e. The Morgan fingerprint density at radius 2 is 1.25 bits per heavy atom. The predicted octanol–water partition coefficient (Wildman–Crippen LogP) is 3.78. The molecule has 102 valence electrons. The number of aryl methyl sites for hydroxylation is 4. The number of amides is 2. The lowest BCUT2D eigenvalue weighted by Crippen LogP contribution is -2.30. The van der Waals surface area contributed by atoms with Crippen LogP contribution in [0.25, 0.3) is 0 Å². The van der Waals surface area contributed by atoms with E-state index >= 15 is 0 Å². The van der Waals surface area contributed by atoms with Gasteiger partial charge in [0.05, 0.1) is 16.8 Å². The summed E-state index contributed by atoms with van der Waals surface area (Å²) in [4.78, 5) is 28.3. The van der Waals surface area contributed by atoms with Crippen LogP contribution in [-0.2, 0) is 0 Å². The van der Waals surface area contributed by atoms with Gasteiger partial charge in [0.15, 0.2) is 0 Å². The number of hydrogen-bond donors (Lipinski definition) is 0. The number of hydrogen-bond acceptors (Lipinski definition) is 3. The number of anilines is 1. The van der Waals surface area contributed by atoms with Crippen LogP contribution in [0.5, 0.6) is 0 Å². The molecule has 3 nitrogen and oxygen atoms in total. The molecule has 1 aliphatic heterocycles. The fraction of sp³-hybridized carbons (Fsp3) is 0.250. The third-order valence-corrected chi connectivity index (χ3v) is 4.58. The van der Waals surface area contributed by atoms with E-state index in [1.807, 2.05) is 45.9 Å². The summed E-state index contributed by atoms with van der Waals surface area (Å²) < 4.78 is 0. The average molecular weight is 285 g/mol. The number of rotatable bonds is 1. The van der Waals surface area contributed by atoms with E-state index in [9.17, 15) is 9.59 Å². The van der Waals surface area contributed by atoms with E-state index in [4.69, 9.17) is 0 Å². The number of nitrogens with zero attached hydrogens (tertiary/aromatic N) is 1. The molecule has 1 aromatic carbocycles. The summed E-state index contributed by atoms with van der Waals surface area (Å²) in [6, 6.07) is 5.78. The first-order valence-corrected chi connectivity index (χ1v) is 7.29. The van der Waals surface area contributed by atoms with Crippen molar-refractivity contribution >= 4 is 28.8 Å². The molecule has 1 aromatic heterocycles. The minimum Gasteiger partial charge on any atom is -0.268 e. The van der Waals surface area contributed by atoms with Crippen LogP contribution < -0.4 is 4.90 Å². The lowest BCUT2D eigenvalue weighted by Gasteiger charge is -2.16. The van der Waals surface area contributed by atoms with Gasteiger partial charge < -0.3 is 0 Å². The van der Waals surface area contributed by atoms with Crippen molar-refractivity contribution in [2.75, 3.05) is 4.90 Å². The number of thiophene rings is 1. The van der Waals surface area contributed by atoms with Crippen LogP contribution in [0.3, 0.4) is 0 Å². The van der Waals surface area contributed by atoms with Gasteiger partial charge in [0, 0.05) is 9.75 Å². The van der Waals surface area contributed by atoms with E-state index in [0.29, 0.717) is 16.8 Å². The van der Waals surface area contributed by atoms with Crippen LogP contribution in [0.4, 0.5) is 5.69 Å². The van der Waals surface area contributed by atoms with Crippen molar-refractivity contribution in [3.63, 3.8) is 0 Å². The third kappa shape index (κ3) is 1.72. The molecule has 0 radical (unpaired) electrons. The molecule has 4 heteroatoms. The van der Waals surface area contributed by atoms with Gasteiger partial charge in [-0.15, -0.1) is 11.3 Å². The molecule has 2 heterocycles. The highest BCUT2D eigenvalue weighted by Crippen LogP contribution is 2.37. The van der Waals surface area contributed by atoms with Gasteiger partial charge in [0.1, 0.15) is 0 Å². The minimum absolute atomic E-state index is 0.197. The van der Waals surface area contributed by atoms with Crippen LogP contribution in [0.2, 0.25) is 0 Å². The fourth-order valence-corrected chi connectivity index (χ4v) is 3.87. The molecular weight excluding hydrogens is 270 g/mol. The quantitative estimate of drug-likeness (QED) is 0.748. The Kier molecular flexibility index (Phi) is 2.80. The molecule has 0 unspecified atom stereocenters. The van der Waals surface area contributed by atoms with Gasteiger partial charge in [-0.2, -0.15) is 0 Å². The lowest BCUT2D eigenvalue weighted by molar-refractivity contribution is 0.0926. The second kappa shape index (κ2) is 4.28. The highest BCUT2D eigenvalue weighted by molar-refractivity contribution is 7.12. The van der Waals surface area contributed by atoms with Crippen molar-refractivity contribution in [1.29, 1.82) is 0 Å². The van der Waals surface area contributed by atoms with Gasteiger partial charge >= 0.3 is 0 Å². The summed E-state index contributed by atoms with van der Waals surface area (Å²) >= 11 is 1.51. The van der Waals surface area contributed by atoms with Crippen LogP contribution in [-0.4, -0.2) is 11.8 Å². The number of carbonyl (C=O) groups is 2. The van der Waals surface area contributed by atoms with E-state index in [1.165, 1.54) is 16.2 Å². The van der Waals surface area contributed by atoms with Gasteiger partial charge in [-0.25, -0.2) is 4.90 Å². The molecule has 0 saturated heterocycles. The normalized spacial score (nSPS) is 14.1. The summed E-state index contributed by atoms with van der Waals surface area (Å²) in [5.74, 6) is -0.395. The molecule has 3 rings (SSSR count). The highest BCUT2D eigenvalue weighted by atomic mass is 32.1. The first-order chi connectivity index (χ1) is 9.40. The largest absolute Gasteiger partial charge is 0.268 e. The lowest BCUT2D eigenvalue weighted by atomic mass is 10.1. The van der Waals surface area contributed by atoms with Crippen LogP contribution >= 0.6 is 11.3 Å². The van der Waals surface area contributed by atoms with Gasteiger partial charge in [-0.05, 0) is 51.0 Å². The Hall–Kier alpha value is -1.94. The fourth-order valence-electron chi connectivity index (χ4n) is 2.83. The molecule has 0 N–H and O–H groups in total. The molecule has 20 heavy (non-hydrogen) atoms. The molecule has 0 atom stereocenters. The number of carbonyl (C=O) groups excluding carboxylic acids is 2. The van der Waals surface area contributed by atoms with Crippen molar-refractivity contribution in [3.8, 4) is 0 Å². The van der Waals surface area contributed by atoms with E-state index in [1.54, 1.807) is 0 Å². The van der Waals surface area contributed by atoms with Gasteiger partial charge in [0.25, 0.3) is 11.8 Å². The number of fused-ring (bicyclic) bond motifs is 1. The van der Waals surface area contributed by atoms with Crippen molar-refractivity contribution in [1.82, 2.24) is 0 Å². The Morgan fingerprint density at radius 3 is 1.70 bits per heavy atom. The van der Waals surface area contributed by atoms with Crippen molar-refractivity contribution in [3.05, 3.63) is 50.2 Å². The zero-order chi connectivity index (χ0) is 14.6. The van der Waals surface area contributed by atoms with Gasteiger partial charge in [0.2, 0.25) is 0 Å². The van der Waals surface area contributed by atoms with Crippen LogP contribution in [0, 0.1) is 27.7 Å². The monoisotopic (exact) mass is 285 g/mol. The van der Waals surface area contributed by atoms with Gasteiger partial charge in [-0.3, -0.25) is 9.59 Å². The highest BCUT2D eigenvalue weighted by Gasteiger charge is 2.40. The zero-order valence-corrected chi connectivity index (χ0v) is 12.7. The first-order valence-electron chi connectivity index (χ1n) is 6.47. The Labute approximate surface area is 121 Å². The third-order valence-electron chi connectivity index (χ3n) is 3.56. The second-order valence-corrected chi connectivity index (χ2v) is 6.68. The van der Waals surface area contributed by atoms with Crippen molar-refractivity contribution in [2.24, 2.45) is 0 Å². The van der Waals surface area contributed by atoms with E-state index in [0.717, 1.165) is 20.9 Å². The minimum atomic E-state index is -0.197. The number of benzene rings is 1. The summed E-state index contributed by atoms with van der Waals surface area (Å²) in [5.41, 5.74) is 3.91. The maximum Gasteiger partial charge on any atom is 0.267 e. The molecule has 1 aliphatic rings. The molecular formula is C16H15NO2S. The maximum absolute atomic E-state index is 12.6. The summed E-state index contributed by atoms with van der Waals surface area (Å²) in [5, 5.41) is 0. The summed E-state index contributed by atoms with van der Waals surface area (Å²) in [6.45, 7) is 7.72. The summed E-state index contributed by atoms with van der Waals surface area (Å²) in [6.07, 6.45) is 0. The summed E-state index contributed by atoms with van der Waals surface area (Å²) in [7, 11) is 0. The number of imide groups is 1. The molecule has 0 aliphatic carbocycles. The predicted molar refractivity (Wildman–Crippen MR) is 80.8 cm³/mol. The molecule has 0 fully saturated rings. The molecule has 2 aromatic rings. The zero-order valence-electron chi connectivity index (χ0n) is 11.9. The second-order valence-electron chi connectivity index (χ2n) is 5.26. The van der Waals surface area contributed by atoms with Crippen LogP contribution in [0.15, 0.2) is 18.2 Å². The van der Waals surface area contributed by atoms with E-state index in [2.05, 4.69) is 0 Å².